The fraction of sp³-hybridized carbons (Fsp3) is 0.419. The first-order chi connectivity index (χ1) is 17.7. The molecule has 6 heteroatoms. The van der Waals surface area contributed by atoms with Gasteiger partial charge < -0.3 is 16.2 Å². The van der Waals surface area contributed by atoms with Gasteiger partial charge in [0.2, 0.25) is 6.41 Å². The highest BCUT2D eigenvalue weighted by atomic mass is 16.2. The summed E-state index contributed by atoms with van der Waals surface area (Å²) in [4.78, 5) is 8.58. The number of nitrogens with zero attached hydrogens (tertiary/aromatic N) is 2. The van der Waals surface area contributed by atoms with Crippen molar-refractivity contribution in [1.29, 1.82) is 0 Å². The van der Waals surface area contributed by atoms with Crippen LogP contribution >= 0.6 is 0 Å². The summed E-state index contributed by atoms with van der Waals surface area (Å²) in [5.74, 6) is 0.958. The van der Waals surface area contributed by atoms with Crippen LogP contribution in [0.1, 0.15) is 73.4 Å². The quantitative estimate of drug-likeness (QED) is 0.183. The predicted molar refractivity (Wildman–Crippen MR) is 163 cm³/mol. The Hall–Kier alpha value is -3.56. The zero-order valence-corrected chi connectivity index (χ0v) is 24.2. The number of aromatic nitrogens is 2. The number of hydrogen-bond donors (Lipinski definition) is 3. The van der Waals surface area contributed by atoms with Gasteiger partial charge in [-0.3, -0.25) is 4.79 Å². The van der Waals surface area contributed by atoms with Gasteiger partial charge in [-0.15, -0.1) is 12.8 Å². The summed E-state index contributed by atoms with van der Waals surface area (Å²) >= 11 is 0. The van der Waals surface area contributed by atoms with E-state index in [1.807, 2.05) is 36.9 Å². The summed E-state index contributed by atoms with van der Waals surface area (Å²) in [6.45, 7) is 14.9. The molecule has 206 valence electrons. The number of anilines is 1. The van der Waals surface area contributed by atoms with Gasteiger partial charge in [0.15, 0.2) is 0 Å². The van der Waals surface area contributed by atoms with E-state index in [-0.39, 0.29) is 18.4 Å². The number of primary amides is 1. The van der Waals surface area contributed by atoms with Gasteiger partial charge >= 0.3 is 0 Å². The first kappa shape index (κ1) is 38.0. The van der Waals surface area contributed by atoms with Crippen molar-refractivity contribution in [2.75, 3.05) is 19.0 Å². The molecular weight excluding hydrogens is 460 g/mol. The molecule has 0 saturated heterocycles. The van der Waals surface area contributed by atoms with Gasteiger partial charge in [0.1, 0.15) is 5.82 Å². The topological polar surface area (TPSA) is 93.2 Å². The zero-order valence-electron chi connectivity index (χ0n) is 24.2. The van der Waals surface area contributed by atoms with Crippen molar-refractivity contribution in [2.24, 2.45) is 5.73 Å². The Balaban J connectivity index is -0.000000579. The molecule has 0 radical (unpaired) electrons. The fourth-order valence-electron chi connectivity index (χ4n) is 2.50. The van der Waals surface area contributed by atoms with Gasteiger partial charge in [-0.1, -0.05) is 88.0 Å². The number of nitrogens with one attached hydrogen (secondary N) is 1. The normalized spacial score (nSPS) is 12.1. The molecule has 4 N–H and O–H groups in total. The molecule has 0 atom stereocenters. The molecule has 0 aliphatic rings. The van der Waals surface area contributed by atoms with E-state index in [1.54, 1.807) is 0 Å². The average Bonchev–Trinajstić information content (AvgIpc) is 3.33. The lowest BCUT2D eigenvalue weighted by Crippen LogP contribution is -2.12. The summed E-state index contributed by atoms with van der Waals surface area (Å²) in [5.41, 5.74) is 7.52. The zero-order chi connectivity index (χ0) is 29.1. The molecule has 0 aromatic carbocycles. The minimum Gasteiger partial charge on any atom is -0.396 e. The van der Waals surface area contributed by atoms with E-state index < -0.39 is 0 Å². The van der Waals surface area contributed by atoms with Crippen LogP contribution in [0.2, 0.25) is 0 Å². The van der Waals surface area contributed by atoms with Crippen molar-refractivity contribution in [1.82, 2.24) is 9.78 Å². The number of terminal acetylenes is 1. The maximum atomic E-state index is 9.03. The van der Waals surface area contributed by atoms with Crippen LogP contribution in [0, 0.1) is 12.8 Å². The summed E-state index contributed by atoms with van der Waals surface area (Å²) < 4.78 is 1.91. The number of hydrogen-bond acceptors (Lipinski definition) is 4. The number of nitrogens with two attached hydrogens (primary N) is 1. The maximum Gasteiger partial charge on any atom is 0.204 e. The number of aliphatic hydroxyl groups is 1. The summed E-state index contributed by atoms with van der Waals surface area (Å²) in [7, 11) is 1.90. The Morgan fingerprint density at radius 1 is 1.16 bits per heavy atom. The third-order valence-corrected chi connectivity index (χ3v) is 4.53. The Morgan fingerprint density at radius 3 is 2.24 bits per heavy atom. The molecule has 0 bridgehead atoms. The van der Waals surface area contributed by atoms with Crippen LogP contribution in [0.5, 0.6) is 0 Å². The third-order valence-electron chi connectivity index (χ3n) is 4.53. The van der Waals surface area contributed by atoms with Crippen molar-refractivity contribution >= 4 is 17.9 Å². The van der Waals surface area contributed by atoms with Gasteiger partial charge in [-0.2, -0.15) is 5.10 Å². The number of carbonyl (C=O) groups excluding carboxylic acids is 1. The van der Waals surface area contributed by atoms with Crippen LogP contribution in [0.15, 0.2) is 72.4 Å². The van der Waals surface area contributed by atoms with Crippen molar-refractivity contribution < 1.29 is 9.90 Å². The molecule has 0 spiro atoms. The number of rotatable bonds is 10. The molecule has 37 heavy (non-hydrogen) atoms. The van der Waals surface area contributed by atoms with Gasteiger partial charge in [0.05, 0.1) is 11.4 Å². The summed E-state index contributed by atoms with van der Waals surface area (Å²) in [5, 5.41) is 16.9. The van der Waals surface area contributed by atoms with E-state index in [9.17, 15) is 0 Å². The van der Waals surface area contributed by atoms with Crippen molar-refractivity contribution in [2.45, 2.75) is 73.1 Å². The Bertz CT molecular complexity index is 905. The molecule has 1 amide bonds. The molecule has 0 saturated carbocycles. The van der Waals surface area contributed by atoms with Crippen molar-refractivity contribution in [3.63, 3.8) is 0 Å². The first-order valence-electron chi connectivity index (χ1n) is 12.5. The van der Waals surface area contributed by atoms with E-state index in [0.29, 0.717) is 6.42 Å². The maximum absolute atomic E-state index is 9.03. The van der Waals surface area contributed by atoms with Gasteiger partial charge in [0, 0.05) is 25.1 Å². The first-order valence-corrected chi connectivity index (χ1v) is 12.5. The molecule has 1 aromatic heterocycles. The van der Waals surface area contributed by atoms with Crippen LogP contribution in [0.3, 0.4) is 0 Å². The second kappa shape index (κ2) is 25.5. The van der Waals surface area contributed by atoms with Gasteiger partial charge in [-0.25, -0.2) is 4.68 Å². The van der Waals surface area contributed by atoms with Crippen LogP contribution in [0.25, 0.3) is 5.70 Å². The highest BCUT2D eigenvalue weighted by Gasteiger charge is 2.20. The lowest BCUT2D eigenvalue weighted by Gasteiger charge is -2.14. The number of carbonyl (C=O) groups is 1. The Labute approximate surface area is 226 Å². The summed E-state index contributed by atoms with van der Waals surface area (Å²) in [6, 6.07) is 2.08. The lowest BCUT2D eigenvalue weighted by atomic mass is 9.92. The lowest BCUT2D eigenvalue weighted by molar-refractivity contribution is -0.106. The molecule has 0 unspecified atom stereocenters. The molecule has 6 nitrogen and oxygen atoms in total. The van der Waals surface area contributed by atoms with E-state index in [4.69, 9.17) is 15.0 Å². The minimum absolute atomic E-state index is 0.00735. The van der Waals surface area contributed by atoms with Crippen LogP contribution < -0.4 is 11.1 Å². The SMILES string of the molecule is C#C.C/C=C/C=C\C/C=C\C(C)=C\C.CC/C=C\C(=C/CCO)n1nc(C(C)(C)C)cc1NC.NC=O. The van der Waals surface area contributed by atoms with Crippen LogP contribution in [-0.4, -0.2) is 35.0 Å². The van der Waals surface area contributed by atoms with Crippen LogP contribution in [-0.2, 0) is 10.2 Å². The molecular formula is C31H50N4O2. The smallest absolute Gasteiger partial charge is 0.204 e. The highest BCUT2D eigenvalue weighted by molar-refractivity contribution is 5.62. The molecule has 1 aromatic rings. The van der Waals surface area contributed by atoms with Gasteiger partial charge in [0.25, 0.3) is 0 Å². The Morgan fingerprint density at radius 2 is 1.78 bits per heavy atom. The number of allylic oxidation sites excluding steroid dienone is 11. The van der Waals surface area contributed by atoms with E-state index in [1.165, 1.54) is 5.57 Å². The van der Waals surface area contributed by atoms with E-state index in [0.717, 1.165) is 30.1 Å². The molecule has 0 aliphatic heterocycles. The standard InChI is InChI=1S/C16H27N3O.C12H18.C2H2.CH3NO/c1-6-7-9-13(10-8-11-20)19-15(17-5)12-14(18-19)16(2,3)4;1-4-6-7-8-9-10-11-12(3)5-2;1-2;2-1-3/h7,9-10,12,17,20H,6,8,11H2,1-5H3;4-8,10-11H,9H2,1-3H3;1-2H;1H,(H2,2,3)/b9-7-,13-10+;6-4+,8-7-,11-10-,12-5+;;. The summed E-state index contributed by atoms with van der Waals surface area (Å²) in [6.07, 6.45) is 31.7. The van der Waals surface area contributed by atoms with E-state index >= 15 is 0 Å². The third kappa shape index (κ3) is 20.3. The second-order valence-electron chi connectivity index (χ2n) is 8.54. The minimum atomic E-state index is 0.00735. The largest absolute Gasteiger partial charge is 0.396 e. The van der Waals surface area contributed by atoms with Crippen LogP contribution in [0.4, 0.5) is 5.82 Å². The monoisotopic (exact) mass is 510 g/mol. The average molecular weight is 511 g/mol. The fourth-order valence-corrected chi connectivity index (χ4v) is 2.50. The molecule has 0 fully saturated rings. The molecule has 0 aliphatic carbocycles. The molecule has 1 rings (SSSR count). The van der Waals surface area contributed by atoms with Crippen molar-refractivity contribution in [3.05, 3.63) is 78.1 Å². The van der Waals surface area contributed by atoms with E-state index in [2.05, 4.69) is 114 Å². The molecule has 1 heterocycles. The number of amides is 1. The Kier molecular flexibility index (Phi) is 26.2. The number of aliphatic hydroxyl groups excluding tert-OH is 1. The predicted octanol–water partition coefficient (Wildman–Crippen LogP) is 6.79. The van der Waals surface area contributed by atoms with Crippen molar-refractivity contribution in [3.8, 4) is 12.8 Å². The highest BCUT2D eigenvalue weighted by Crippen LogP contribution is 2.26. The van der Waals surface area contributed by atoms with Gasteiger partial charge in [-0.05, 0) is 46.1 Å². The second-order valence-corrected chi connectivity index (χ2v) is 8.54.